The Labute approximate surface area is 128 Å². The SMILES string of the molecule is NC(=O)Oc1ccc(Cl)cc1Nc1cccc(C(F)(F)F)c1. The van der Waals surface area contributed by atoms with E-state index in [0.717, 1.165) is 12.1 Å². The number of halogens is 4. The van der Waals surface area contributed by atoms with Crippen molar-refractivity contribution in [1.29, 1.82) is 0 Å². The second-order valence-corrected chi connectivity index (χ2v) is 4.70. The number of hydrogen-bond acceptors (Lipinski definition) is 3. The topological polar surface area (TPSA) is 64.4 Å². The molecule has 8 heteroatoms. The molecule has 0 saturated carbocycles. The summed E-state index contributed by atoms with van der Waals surface area (Å²) in [6, 6.07) is 8.80. The van der Waals surface area contributed by atoms with Crippen molar-refractivity contribution >= 4 is 29.1 Å². The van der Waals surface area contributed by atoms with Crippen molar-refractivity contribution in [3.63, 3.8) is 0 Å². The largest absolute Gasteiger partial charge is 0.416 e. The van der Waals surface area contributed by atoms with E-state index in [2.05, 4.69) is 5.32 Å². The number of hydrogen-bond donors (Lipinski definition) is 2. The van der Waals surface area contributed by atoms with Crippen LogP contribution in [0, 0.1) is 0 Å². The minimum Gasteiger partial charge on any atom is -0.408 e. The molecule has 0 heterocycles. The highest BCUT2D eigenvalue weighted by atomic mass is 35.5. The highest BCUT2D eigenvalue weighted by Gasteiger charge is 2.30. The molecule has 0 fully saturated rings. The molecule has 2 aromatic carbocycles. The lowest BCUT2D eigenvalue weighted by Gasteiger charge is -2.13. The number of anilines is 2. The zero-order valence-electron chi connectivity index (χ0n) is 10.9. The van der Waals surface area contributed by atoms with E-state index in [1.807, 2.05) is 0 Å². The van der Waals surface area contributed by atoms with Gasteiger partial charge in [-0.1, -0.05) is 17.7 Å². The number of rotatable bonds is 3. The third-order valence-corrected chi connectivity index (χ3v) is 2.86. The first-order chi connectivity index (χ1) is 10.3. The van der Waals surface area contributed by atoms with Crippen molar-refractivity contribution < 1.29 is 22.7 Å². The van der Waals surface area contributed by atoms with Crippen LogP contribution in [0.4, 0.5) is 29.3 Å². The molecule has 0 unspecified atom stereocenters. The quantitative estimate of drug-likeness (QED) is 0.867. The van der Waals surface area contributed by atoms with Crippen molar-refractivity contribution in [3.05, 3.63) is 53.1 Å². The summed E-state index contributed by atoms with van der Waals surface area (Å²) in [7, 11) is 0. The summed E-state index contributed by atoms with van der Waals surface area (Å²) in [4.78, 5) is 10.8. The minimum atomic E-state index is -4.46. The molecule has 0 aliphatic heterocycles. The molecule has 1 amide bonds. The van der Waals surface area contributed by atoms with E-state index in [1.165, 1.54) is 30.3 Å². The Morgan fingerprint density at radius 3 is 2.55 bits per heavy atom. The maximum atomic E-state index is 12.7. The molecule has 4 nitrogen and oxygen atoms in total. The lowest BCUT2D eigenvalue weighted by molar-refractivity contribution is -0.137. The molecule has 0 aromatic heterocycles. The van der Waals surface area contributed by atoms with Gasteiger partial charge in [-0.15, -0.1) is 0 Å². The molecule has 0 spiro atoms. The number of alkyl halides is 3. The average Bonchev–Trinajstić information content (AvgIpc) is 2.41. The van der Waals surface area contributed by atoms with Gasteiger partial charge in [0, 0.05) is 10.7 Å². The van der Waals surface area contributed by atoms with Gasteiger partial charge < -0.3 is 15.8 Å². The van der Waals surface area contributed by atoms with Gasteiger partial charge in [0.2, 0.25) is 0 Å². The van der Waals surface area contributed by atoms with E-state index < -0.39 is 17.8 Å². The van der Waals surface area contributed by atoms with Crippen LogP contribution in [0.25, 0.3) is 0 Å². The van der Waals surface area contributed by atoms with Crippen LogP contribution in [-0.2, 0) is 6.18 Å². The van der Waals surface area contributed by atoms with Crippen LogP contribution in [0.3, 0.4) is 0 Å². The molecule has 0 aliphatic rings. The van der Waals surface area contributed by atoms with E-state index in [4.69, 9.17) is 22.1 Å². The maximum Gasteiger partial charge on any atom is 0.416 e. The van der Waals surface area contributed by atoms with E-state index in [9.17, 15) is 18.0 Å². The van der Waals surface area contributed by atoms with E-state index in [-0.39, 0.29) is 17.1 Å². The minimum absolute atomic E-state index is 0.0503. The molecule has 0 aliphatic carbocycles. The maximum absolute atomic E-state index is 12.7. The summed E-state index contributed by atoms with van der Waals surface area (Å²) < 4.78 is 42.8. The Bertz CT molecular complexity index is 705. The van der Waals surface area contributed by atoms with E-state index >= 15 is 0 Å². The molecule has 2 aromatic rings. The highest BCUT2D eigenvalue weighted by molar-refractivity contribution is 6.31. The van der Waals surface area contributed by atoms with E-state index in [1.54, 1.807) is 0 Å². The number of ether oxygens (including phenoxy) is 1. The second-order valence-electron chi connectivity index (χ2n) is 4.27. The summed E-state index contributed by atoms with van der Waals surface area (Å²) in [5.41, 5.74) is 4.50. The Balaban J connectivity index is 2.34. The van der Waals surface area contributed by atoms with Crippen molar-refractivity contribution in [3.8, 4) is 5.75 Å². The molecule has 0 bridgehead atoms. The smallest absolute Gasteiger partial charge is 0.408 e. The Morgan fingerprint density at radius 2 is 1.91 bits per heavy atom. The number of carbonyl (C=O) groups excluding carboxylic acids is 1. The molecule has 22 heavy (non-hydrogen) atoms. The standard InChI is InChI=1S/C14H10ClF3N2O2/c15-9-4-5-12(22-13(19)21)11(7-9)20-10-3-1-2-8(6-10)14(16,17)18/h1-7,20H,(H2,19,21). The Morgan fingerprint density at radius 1 is 1.18 bits per heavy atom. The van der Waals surface area contributed by atoms with Gasteiger partial charge in [-0.25, -0.2) is 4.79 Å². The Hall–Kier alpha value is -2.41. The van der Waals surface area contributed by atoms with Crippen LogP contribution < -0.4 is 15.8 Å². The summed E-state index contributed by atoms with van der Waals surface area (Å²) >= 11 is 5.83. The van der Waals surface area contributed by atoms with Gasteiger partial charge in [0.05, 0.1) is 11.3 Å². The van der Waals surface area contributed by atoms with Gasteiger partial charge in [-0.3, -0.25) is 0 Å². The zero-order chi connectivity index (χ0) is 16.3. The third-order valence-electron chi connectivity index (χ3n) is 2.62. The van der Waals surface area contributed by atoms with Crippen LogP contribution in [0.15, 0.2) is 42.5 Å². The van der Waals surface area contributed by atoms with Crippen LogP contribution in [0.1, 0.15) is 5.56 Å². The molecule has 0 saturated heterocycles. The summed E-state index contributed by atoms with van der Waals surface area (Å²) in [6.07, 6.45) is -5.51. The van der Waals surface area contributed by atoms with Crippen LogP contribution in [-0.4, -0.2) is 6.09 Å². The molecule has 116 valence electrons. The molecule has 0 atom stereocenters. The van der Waals surface area contributed by atoms with Gasteiger partial charge in [-0.05, 0) is 36.4 Å². The molecular formula is C14H10ClF3N2O2. The average molecular weight is 331 g/mol. The van der Waals surface area contributed by atoms with Crippen molar-refractivity contribution in [2.75, 3.05) is 5.32 Å². The van der Waals surface area contributed by atoms with Crippen molar-refractivity contribution in [2.24, 2.45) is 5.73 Å². The van der Waals surface area contributed by atoms with Gasteiger partial charge >= 0.3 is 12.3 Å². The van der Waals surface area contributed by atoms with Gasteiger partial charge in [-0.2, -0.15) is 13.2 Å². The number of carbonyl (C=O) groups is 1. The summed E-state index contributed by atoms with van der Waals surface area (Å²) in [6.45, 7) is 0. The Kier molecular flexibility index (Phi) is 4.46. The first-order valence-corrected chi connectivity index (χ1v) is 6.34. The van der Waals surface area contributed by atoms with Gasteiger partial charge in [0.25, 0.3) is 0 Å². The number of nitrogens with two attached hydrogens (primary N) is 1. The fourth-order valence-electron chi connectivity index (χ4n) is 1.73. The zero-order valence-corrected chi connectivity index (χ0v) is 11.7. The van der Waals surface area contributed by atoms with Crippen LogP contribution >= 0.6 is 11.6 Å². The van der Waals surface area contributed by atoms with E-state index in [0.29, 0.717) is 5.02 Å². The fourth-order valence-corrected chi connectivity index (χ4v) is 1.90. The lowest BCUT2D eigenvalue weighted by atomic mass is 10.2. The number of primary amides is 1. The monoisotopic (exact) mass is 330 g/mol. The predicted molar refractivity (Wildman–Crippen MR) is 76.4 cm³/mol. The first kappa shape index (κ1) is 16.0. The number of benzene rings is 2. The number of nitrogens with one attached hydrogen (secondary N) is 1. The van der Waals surface area contributed by atoms with Gasteiger partial charge in [0.15, 0.2) is 5.75 Å². The van der Waals surface area contributed by atoms with Crippen molar-refractivity contribution in [1.82, 2.24) is 0 Å². The molecule has 3 N–H and O–H groups in total. The molecule has 0 radical (unpaired) electrons. The molecular weight excluding hydrogens is 321 g/mol. The molecule has 2 rings (SSSR count). The summed E-state index contributed by atoms with van der Waals surface area (Å²) in [5.74, 6) is 0.0503. The normalized spacial score (nSPS) is 11.1. The summed E-state index contributed by atoms with van der Waals surface area (Å²) in [5, 5.41) is 3.03. The fraction of sp³-hybridized carbons (Fsp3) is 0.0714. The second kappa shape index (κ2) is 6.15. The van der Waals surface area contributed by atoms with Crippen LogP contribution in [0.5, 0.6) is 5.75 Å². The first-order valence-electron chi connectivity index (χ1n) is 5.97. The van der Waals surface area contributed by atoms with Crippen LogP contribution in [0.2, 0.25) is 5.02 Å². The third kappa shape index (κ3) is 4.05. The highest BCUT2D eigenvalue weighted by Crippen LogP contribution is 2.34. The predicted octanol–water partition coefficient (Wildman–Crippen LogP) is 4.56. The number of amides is 1. The van der Waals surface area contributed by atoms with Crippen molar-refractivity contribution in [2.45, 2.75) is 6.18 Å². The lowest BCUT2D eigenvalue weighted by Crippen LogP contribution is -2.17. The van der Waals surface area contributed by atoms with Gasteiger partial charge in [0.1, 0.15) is 0 Å².